The lowest BCUT2D eigenvalue weighted by atomic mass is 9.53. The first-order valence-corrected chi connectivity index (χ1v) is 20.5. The first-order chi connectivity index (χ1) is 20.2. The minimum atomic E-state index is -3.74. The molecule has 0 amide bonds. The number of hydrogen-bond donors (Lipinski definition) is 0. The van der Waals surface area contributed by atoms with Crippen LogP contribution in [0.5, 0.6) is 5.75 Å². The van der Waals surface area contributed by atoms with E-state index in [4.69, 9.17) is 8.61 Å². The lowest BCUT2D eigenvalue weighted by Gasteiger charge is -2.52. The molecular formula is C37H56O4SSi. The van der Waals surface area contributed by atoms with Crippen molar-refractivity contribution in [3.63, 3.8) is 0 Å². The smallest absolute Gasteiger partial charge is 0.296 e. The predicted octanol–water partition coefficient (Wildman–Crippen LogP) is 10.1. The van der Waals surface area contributed by atoms with Crippen LogP contribution in [0.2, 0.25) is 16.6 Å². The largest absolute Gasteiger partial charge is 0.543 e. The summed E-state index contributed by atoms with van der Waals surface area (Å²) < 4.78 is 38.5. The highest BCUT2D eigenvalue weighted by molar-refractivity contribution is 7.86. The topological polar surface area (TPSA) is 52.6 Å². The Morgan fingerprint density at radius 1 is 0.884 bits per heavy atom. The zero-order valence-electron chi connectivity index (χ0n) is 28.2. The van der Waals surface area contributed by atoms with E-state index in [2.05, 4.69) is 73.6 Å². The van der Waals surface area contributed by atoms with Gasteiger partial charge < -0.3 is 4.43 Å². The zero-order chi connectivity index (χ0) is 31.3. The molecule has 0 aromatic heterocycles. The molecule has 3 aliphatic rings. The van der Waals surface area contributed by atoms with Crippen LogP contribution < -0.4 is 4.43 Å². The third-order valence-corrected chi connectivity index (χ3v) is 19.6. The van der Waals surface area contributed by atoms with Gasteiger partial charge in [-0.2, -0.15) is 8.42 Å². The second-order valence-electron chi connectivity index (χ2n) is 15.5. The van der Waals surface area contributed by atoms with E-state index in [1.54, 1.807) is 17.7 Å². The van der Waals surface area contributed by atoms with Crippen LogP contribution in [-0.4, -0.2) is 23.3 Å². The summed E-state index contributed by atoms with van der Waals surface area (Å²) in [5.41, 5.74) is 6.06. The summed E-state index contributed by atoms with van der Waals surface area (Å²) >= 11 is 0. The number of hydrogen-bond acceptors (Lipinski definition) is 4. The molecule has 0 saturated heterocycles. The monoisotopic (exact) mass is 624 g/mol. The summed E-state index contributed by atoms with van der Waals surface area (Å²) in [4.78, 5) is 0.251. The third-order valence-electron chi connectivity index (χ3n) is 12.3. The fraction of sp³-hybridized carbons (Fsp3) is 0.676. The lowest BCUT2D eigenvalue weighted by Crippen LogP contribution is -2.50. The average Bonchev–Trinajstić information content (AvgIpc) is 3.31. The molecule has 5 rings (SSSR count). The summed E-state index contributed by atoms with van der Waals surface area (Å²) in [7, 11) is -5.72. The first-order valence-electron chi connectivity index (χ1n) is 17.0. The number of rotatable bonds is 10. The van der Waals surface area contributed by atoms with Gasteiger partial charge >= 0.3 is 0 Å². The highest BCUT2D eigenvalue weighted by Crippen LogP contribution is 2.64. The maximum absolute atomic E-state index is 12.9. The number of fused-ring (bicyclic) bond motifs is 5. The van der Waals surface area contributed by atoms with Gasteiger partial charge in [-0.1, -0.05) is 79.2 Å². The summed E-state index contributed by atoms with van der Waals surface area (Å²) in [5.74, 6) is 3.82. The van der Waals surface area contributed by atoms with Gasteiger partial charge in [0, 0.05) is 0 Å². The van der Waals surface area contributed by atoms with Gasteiger partial charge in [-0.05, 0) is 132 Å². The Balaban J connectivity index is 1.29. The van der Waals surface area contributed by atoms with Gasteiger partial charge in [0.1, 0.15) is 5.75 Å². The molecule has 0 spiro atoms. The van der Waals surface area contributed by atoms with Crippen molar-refractivity contribution < 1.29 is 17.0 Å². The number of benzene rings is 2. The van der Waals surface area contributed by atoms with Gasteiger partial charge in [0.05, 0.1) is 11.5 Å². The Labute approximate surface area is 263 Å². The van der Waals surface area contributed by atoms with Crippen LogP contribution in [0.25, 0.3) is 0 Å². The zero-order valence-corrected chi connectivity index (χ0v) is 30.0. The normalized spacial score (nSPS) is 28.1. The highest BCUT2D eigenvalue weighted by Gasteiger charge is 2.56. The second-order valence-corrected chi connectivity index (χ2v) is 22.4. The summed E-state index contributed by atoms with van der Waals surface area (Å²) in [6, 6.07) is 14.1. The molecule has 0 radical (unpaired) electrons. The summed E-state index contributed by atoms with van der Waals surface area (Å²) in [5, 5.41) is 0. The molecule has 1 unspecified atom stereocenters. The van der Waals surface area contributed by atoms with Gasteiger partial charge in [0.25, 0.3) is 18.4 Å². The quantitative estimate of drug-likeness (QED) is 0.195. The maximum Gasteiger partial charge on any atom is 0.296 e. The van der Waals surface area contributed by atoms with Crippen molar-refractivity contribution >= 4 is 18.4 Å². The molecule has 2 aromatic rings. The van der Waals surface area contributed by atoms with Crippen LogP contribution in [0.4, 0.5) is 0 Å². The molecule has 0 bridgehead atoms. The van der Waals surface area contributed by atoms with Crippen molar-refractivity contribution in [1.82, 2.24) is 0 Å². The molecule has 3 aliphatic carbocycles. The molecule has 238 valence electrons. The molecule has 0 aliphatic heterocycles. The molecular weight excluding hydrogens is 569 g/mol. The molecule has 43 heavy (non-hydrogen) atoms. The molecule has 6 heteroatoms. The Bertz CT molecular complexity index is 1360. The third kappa shape index (κ3) is 5.90. The van der Waals surface area contributed by atoms with Gasteiger partial charge in [-0.15, -0.1) is 0 Å². The summed E-state index contributed by atoms with van der Waals surface area (Å²) in [6.45, 7) is 21.1. The molecule has 6 atom stereocenters. The van der Waals surface area contributed by atoms with Gasteiger partial charge in [0.15, 0.2) is 0 Å². The van der Waals surface area contributed by atoms with Crippen molar-refractivity contribution in [1.29, 1.82) is 0 Å². The Morgan fingerprint density at radius 3 is 2.16 bits per heavy atom. The first kappa shape index (κ1) is 32.8. The fourth-order valence-corrected chi connectivity index (χ4v) is 16.5. The molecule has 2 aromatic carbocycles. The average molecular weight is 625 g/mol. The maximum atomic E-state index is 12.9. The van der Waals surface area contributed by atoms with E-state index in [1.807, 2.05) is 19.1 Å². The molecule has 0 heterocycles. The van der Waals surface area contributed by atoms with Crippen LogP contribution in [0, 0.1) is 36.0 Å². The van der Waals surface area contributed by atoms with Gasteiger partial charge in [-0.25, -0.2) is 0 Å². The van der Waals surface area contributed by atoms with Crippen molar-refractivity contribution in [2.24, 2.45) is 29.1 Å². The summed E-state index contributed by atoms with van der Waals surface area (Å²) in [6.07, 6.45) is 7.24. The van der Waals surface area contributed by atoms with Crippen molar-refractivity contribution in [3.8, 4) is 5.75 Å². The Morgan fingerprint density at radius 2 is 1.53 bits per heavy atom. The van der Waals surface area contributed by atoms with E-state index < -0.39 is 18.4 Å². The van der Waals surface area contributed by atoms with Crippen LogP contribution in [0.1, 0.15) is 110 Å². The predicted molar refractivity (Wildman–Crippen MR) is 180 cm³/mol. The van der Waals surface area contributed by atoms with Crippen LogP contribution in [0.3, 0.4) is 0 Å². The minimum absolute atomic E-state index is 0.203. The number of aryl methyl sites for hydroxylation is 2. The van der Waals surface area contributed by atoms with Gasteiger partial charge in [0.2, 0.25) is 0 Å². The van der Waals surface area contributed by atoms with E-state index in [1.165, 1.54) is 37.7 Å². The van der Waals surface area contributed by atoms with Crippen molar-refractivity contribution in [2.45, 2.75) is 128 Å². The van der Waals surface area contributed by atoms with E-state index in [9.17, 15) is 8.42 Å². The van der Waals surface area contributed by atoms with Crippen LogP contribution in [-0.2, 0) is 20.7 Å². The lowest BCUT2D eigenvalue weighted by molar-refractivity contribution is 0.00414. The van der Waals surface area contributed by atoms with Crippen LogP contribution >= 0.6 is 0 Å². The molecule has 0 N–H and O–H groups in total. The minimum Gasteiger partial charge on any atom is -0.543 e. The fourth-order valence-electron chi connectivity index (χ4n) is 10.2. The highest BCUT2D eigenvalue weighted by atomic mass is 32.2. The Kier molecular flexibility index (Phi) is 9.36. The van der Waals surface area contributed by atoms with Crippen molar-refractivity contribution in [2.75, 3.05) is 6.61 Å². The molecule has 2 saturated carbocycles. The second kappa shape index (κ2) is 12.3. The van der Waals surface area contributed by atoms with E-state index >= 15 is 0 Å². The van der Waals surface area contributed by atoms with Gasteiger partial charge in [-0.3, -0.25) is 4.18 Å². The van der Waals surface area contributed by atoms with E-state index in [0.29, 0.717) is 40.3 Å². The van der Waals surface area contributed by atoms with E-state index in [-0.39, 0.29) is 22.8 Å². The van der Waals surface area contributed by atoms with Crippen molar-refractivity contribution in [3.05, 3.63) is 59.2 Å². The standard InChI is InChI=1S/C37H56O4SSi/c1-24(2)43(25(3)4,26(5)6)41-30-13-17-32-29(22-30)12-16-34-33(32)20-21-37(9)35(18-19-36(34)37)28(8)23-40-42(38,39)31-14-10-27(7)11-15-31/h10-11,13-15,17,22,24-26,28,33-36H,12,16,18-21,23H2,1-9H3/t28?,33-,34-,35-,36+,37-/m1/s1. The van der Waals surface area contributed by atoms with E-state index in [0.717, 1.165) is 17.7 Å². The molecule has 4 nitrogen and oxygen atoms in total. The molecule has 2 fully saturated rings. The Hall–Kier alpha value is -1.63. The SMILES string of the molecule is Cc1ccc(S(=O)(=O)OCC(C)[C@H]2CC[C@H]3[C@@H]4CCc5cc(O[Si](C(C)C)(C(C)C)C(C)C)ccc5[C@H]4CC[C@]23C)cc1. The van der Waals surface area contributed by atoms with Crippen LogP contribution in [0.15, 0.2) is 47.4 Å².